The molecule has 5 heteroatoms. The van der Waals surface area contributed by atoms with Gasteiger partial charge in [-0.25, -0.2) is 9.97 Å². The number of nitrogens with one attached hydrogen (secondary N) is 2. The van der Waals surface area contributed by atoms with E-state index in [1.54, 1.807) is 13.4 Å². The van der Waals surface area contributed by atoms with Gasteiger partial charge < -0.3 is 15.4 Å². The Morgan fingerprint density at radius 3 is 2.61 bits per heavy atom. The number of rotatable bonds is 6. The molecule has 18 heavy (non-hydrogen) atoms. The van der Waals surface area contributed by atoms with E-state index in [0.717, 1.165) is 31.0 Å². The lowest BCUT2D eigenvalue weighted by Gasteiger charge is -2.14. The summed E-state index contributed by atoms with van der Waals surface area (Å²) < 4.78 is 5.42. The molecule has 0 bridgehead atoms. The summed E-state index contributed by atoms with van der Waals surface area (Å²) in [5.41, 5.74) is 0.354. The molecule has 100 valence electrons. The Hall–Kier alpha value is -1.52. The summed E-state index contributed by atoms with van der Waals surface area (Å²) in [6.07, 6.45) is 3.78. The highest BCUT2D eigenvalue weighted by Crippen LogP contribution is 2.47. The van der Waals surface area contributed by atoms with E-state index in [1.807, 2.05) is 0 Å². The average Bonchev–Trinajstić information content (AvgIpc) is 2.94. The lowest BCUT2D eigenvalue weighted by atomic mass is 10.2. The SMILES string of the molecule is CCCNc1ncnc(NC2CC2(C)C)c1OC. The van der Waals surface area contributed by atoms with Crippen LogP contribution in [0.3, 0.4) is 0 Å². The van der Waals surface area contributed by atoms with Crippen LogP contribution in [0.1, 0.15) is 33.6 Å². The summed E-state index contributed by atoms with van der Waals surface area (Å²) in [5.74, 6) is 2.24. The molecule has 1 aliphatic carbocycles. The number of nitrogens with zero attached hydrogens (tertiary/aromatic N) is 2. The fourth-order valence-corrected chi connectivity index (χ4v) is 1.92. The molecule has 0 aromatic carbocycles. The van der Waals surface area contributed by atoms with Gasteiger partial charge in [0.25, 0.3) is 0 Å². The van der Waals surface area contributed by atoms with E-state index in [0.29, 0.717) is 17.2 Å². The van der Waals surface area contributed by atoms with Crippen LogP contribution >= 0.6 is 0 Å². The maximum Gasteiger partial charge on any atom is 0.204 e. The monoisotopic (exact) mass is 250 g/mol. The quantitative estimate of drug-likeness (QED) is 0.812. The van der Waals surface area contributed by atoms with E-state index in [1.165, 1.54) is 0 Å². The van der Waals surface area contributed by atoms with Crippen LogP contribution in [0.5, 0.6) is 5.75 Å². The topological polar surface area (TPSA) is 59.1 Å². The van der Waals surface area contributed by atoms with Gasteiger partial charge in [0.05, 0.1) is 7.11 Å². The first-order valence-corrected chi connectivity index (χ1v) is 6.48. The van der Waals surface area contributed by atoms with Crippen LogP contribution in [0, 0.1) is 5.41 Å². The van der Waals surface area contributed by atoms with Crippen molar-refractivity contribution in [2.75, 3.05) is 24.3 Å². The molecule has 2 N–H and O–H groups in total. The van der Waals surface area contributed by atoms with Crippen LogP contribution in [0.15, 0.2) is 6.33 Å². The molecular weight excluding hydrogens is 228 g/mol. The Balaban J connectivity index is 2.14. The summed E-state index contributed by atoms with van der Waals surface area (Å²) in [7, 11) is 1.65. The van der Waals surface area contributed by atoms with Gasteiger partial charge >= 0.3 is 0 Å². The van der Waals surface area contributed by atoms with Crippen LogP contribution in [0.4, 0.5) is 11.6 Å². The first-order chi connectivity index (χ1) is 8.58. The molecule has 0 amide bonds. The third kappa shape index (κ3) is 2.66. The normalized spacial score (nSPS) is 20.3. The van der Waals surface area contributed by atoms with Gasteiger partial charge in [-0.05, 0) is 18.3 Å². The first kappa shape index (κ1) is 12.9. The standard InChI is InChI=1S/C13H22N4O/c1-5-6-14-11-10(18-4)12(16-8-15-11)17-9-7-13(9,2)3/h8-9H,5-7H2,1-4H3,(H2,14,15,16,17). The van der Waals surface area contributed by atoms with Crippen molar-refractivity contribution in [3.8, 4) is 5.75 Å². The second-order valence-electron chi connectivity index (χ2n) is 5.42. The van der Waals surface area contributed by atoms with Crippen molar-refractivity contribution in [1.29, 1.82) is 0 Å². The minimum Gasteiger partial charge on any atom is -0.490 e. The molecule has 1 saturated carbocycles. The number of ether oxygens (including phenoxy) is 1. The van der Waals surface area contributed by atoms with Crippen LogP contribution in [0.2, 0.25) is 0 Å². The van der Waals surface area contributed by atoms with Crippen molar-refractivity contribution in [1.82, 2.24) is 9.97 Å². The van der Waals surface area contributed by atoms with Gasteiger partial charge in [0, 0.05) is 12.6 Å². The van der Waals surface area contributed by atoms with Gasteiger partial charge in [0.2, 0.25) is 5.75 Å². The van der Waals surface area contributed by atoms with Crippen molar-refractivity contribution in [2.45, 2.75) is 39.7 Å². The van der Waals surface area contributed by atoms with E-state index >= 15 is 0 Å². The van der Waals surface area contributed by atoms with Gasteiger partial charge in [0.15, 0.2) is 11.6 Å². The molecule has 1 atom stereocenters. The van der Waals surface area contributed by atoms with Crippen LogP contribution in [-0.2, 0) is 0 Å². The Morgan fingerprint density at radius 2 is 2.06 bits per heavy atom. The molecule has 0 aliphatic heterocycles. The Labute approximate surface area is 108 Å². The number of methoxy groups -OCH3 is 1. The van der Waals surface area contributed by atoms with E-state index in [2.05, 4.69) is 41.4 Å². The lowest BCUT2D eigenvalue weighted by molar-refractivity contribution is 0.414. The number of anilines is 2. The second-order valence-corrected chi connectivity index (χ2v) is 5.42. The summed E-state index contributed by atoms with van der Waals surface area (Å²) in [6.45, 7) is 7.48. The maximum atomic E-state index is 5.42. The molecule has 1 heterocycles. The zero-order chi connectivity index (χ0) is 13.2. The summed E-state index contributed by atoms with van der Waals surface area (Å²) in [6, 6.07) is 0.473. The summed E-state index contributed by atoms with van der Waals surface area (Å²) >= 11 is 0. The van der Waals surface area contributed by atoms with Crippen LogP contribution < -0.4 is 15.4 Å². The Kier molecular flexibility index (Phi) is 3.59. The predicted molar refractivity (Wildman–Crippen MR) is 73.2 cm³/mol. The Bertz CT molecular complexity index is 419. The highest BCUT2D eigenvalue weighted by molar-refractivity contribution is 5.64. The Morgan fingerprint density at radius 1 is 1.39 bits per heavy atom. The zero-order valence-electron chi connectivity index (χ0n) is 11.6. The van der Waals surface area contributed by atoms with E-state index in [9.17, 15) is 0 Å². The van der Waals surface area contributed by atoms with Crippen molar-refractivity contribution >= 4 is 11.6 Å². The van der Waals surface area contributed by atoms with Crippen molar-refractivity contribution < 1.29 is 4.74 Å². The molecule has 1 aliphatic rings. The minimum atomic E-state index is 0.354. The van der Waals surface area contributed by atoms with E-state index in [4.69, 9.17) is 4.74 Å². The molecule has 0 saturated heterocycles. The van der Waals surface area contributed by atoms with Crippen LogP contribution in [0.25, 0.3) is 0 Å². The zero-order valence-corrected chi connectivity index (χ0v) is 11.6. The smallest absolute Gasteiger partial charge is 0.204 e. The third-order valence-corrected chi connectivity index (χ3v) is 3.37. The molecule has 0 radical (unpaired) electrons. The predicted octanol–water partition coefficient (Wildman–Crippen LogP) is 2.52. The van der Waals surface area contributed by atoms with Crippen molar-refractivity contribution in [2.24, 2.45) is 5.41 Å². The molecule has 1 aromatic heterocycles. The number of hydrogen-bond acceptors (Lipinski definition) is 5. The molecule has 1 unspecified atom stereocenters. The highest BCUT2D eigenvalue weighted by atomic mass is 16.5. The second kappa shape index (κ2) is 5.00. The molecular formula is C13H22N4O. The molecule has 2 rings (SSSR count). The van der Waals surface area contributed by atoms with Gasteiger partial charge in [0.1, 0.15) is 6.33 Å². The third-order valence-electron chi connectivity index (χ3n) is 3.37. The fraction of sp³-hybridized carbons (Fsp3) is 0.692. The van der Waals surface area contributed by atoms with Crippen molar-refractivity contribution in [3.05, 3.63) is 6.33 Å². The summed E-state index contributed by atoms with van der Waals surface area (Å²) in [5, 5.41) is 6.68. The van der Waals surface area contributed by atoms with E-state index < -0.39 is 0 Å². The number of hydrogen-bond donors (Lipinski definition) is 2. The minimum absolute atomic E-state index is 0.354. The molecule has 1 fully saturated rings. The van der Waals surface area contributed by atoms with Gasteiger partial charge in [-0.1, -0.05) is 20.8 Å². The van der Waals surface area contributed by atoms with Crippen LogP contribution in [-0.4, -0.2) is 29.7 Å². The van der Waals surface area contributed by atoms with Gasteiger partial charge in [-0.2, -0.15) is 0 Å². The van der Waals surface area contributed by atoms with Gasteiger partial charge in [-0.3, -0.25) is 0 Å². The fourth-order valence-electron chi connectivity index (χ4n) is 1.92. The maximum absolute atomic E-state index is 5.42. The number of aromatic nitrogens is 2. The molecule has 5 nitrogen and oxygen atoms in total. The molecule has 1 aromatic rings. The largest absolute Gasteiger partial charge is 0.490 e. The summed E-state index contributed by atoms with van der Waals surface area (Å²) in [4.78, 5) is 8.50. The molecule has 0 spiro atoms. The van der Waals surface area contributed by atoms with E-state index in [-0.39, 0.29) is 0 Å². The van der Waals surface area contributed by atoms with Gasteiger partial charge in [-0.15, -0.1) is 0 Å². The average molecular weight is 250 g/mol. The van der Waals surface area contributed by atoms with Crippen molar-refractivity contribution in [3.63, 3.8) is 0 Å². The first-order valence-electron chi connectivity index (χ1n) is 6.48. The highest BCUT2D eigenvalue weighted by Gasteiger charge is 2.46. The lowest BCUT2D eigenvalue weighted by Crippen LogP contribution is -2.13.